The number of aliphatic carboxylic acids is 3. The van der Waals surface area contributed by atoms with E-state index in [0.717, 1.165) is 32.1 Å². The third-order valence-corrected chi connectivity index (χ3v) is 8.73. The van der Waals surface area contributed by atoms with Gasteiger partial charge in [-0.15, -0.1) is 0 Å². The van der Waals surface area contributed by atoms with Crippen LogP contribution in [-0.2, 0) is 14.4 Å². The number of hydrogen-bond donors (Lipinski definition) is 2. The van der Waals surface area contributed by atoms with Gasteiger partial charge in [0.15, 0.2) is 0 Å². The lowest BCUT2D eigenvalue weighted by atomic mass is 9.95. The van der Waals surface area contributed by atoms with Crippen molar-refractivity contribution in [2.24, 2.45) is 17.8 Å². The molecule has 0 fully saturated rings. The van der Waals surface area contributed by atoms with Crippen molar-refractivity contribution in [1.29, 1.82) is 0 Å². The van der Waals surface area contributed by atoms with Gasteiger partial charge in [0.25, 0.3) is 0 Å². The molecule has 0 aliphatic heterocycles. The molecule has 240 valence electrons. The minimum atomic E-state index is -1.14. The molecular weight excluding hydrogens is 518 g/mol. The summed E-state index contributed by atoms with van der Waals surface area (Å²) in [6.45, 7) is 9.02. The summed E-state index contributed by atoms with van der Waals surface area (Å²) in [6, 6.07) is 0. The molecule has 0 saturated carbocycles. The molecule has 3 unspecified atom stereocenters. The molecule has 3 atom stereocenters. The molecule has 0 aliphatic rings. The zero-order chi connectivity index (χ0) is 30.9. The Labute approximate surface area is 251 Å². The number of carbonyl (C=O) groups excluding carboxylic acids is 1. The quantitative estimate of drug-likeness (QED) is 0.0547. The zero-order valence-electron chi connectivity index (χ0n) is 26.9. The highest BCUT2D eigenvalue weighted by atomic mass is 16.4. The Bertz CT molecular complexity index is 662. The van der Waals surface area contributed by atoms with Crippen molar-refractivity contribution < 1.29 is 34.2 Å². The summed E-state index contributed by atoms with van der Waals surface area (Å²) < 4.78 is 0.214. The van der Waals surface area contributed by atoms with E-state index in [2.05, 4.69) is 19.1 Å². The highest BCUT2D eigenvalue weighted by Crippen LogP contribution is 2.25. The number of nitrogens with zero attached hydrogens (tertiary/aromatic N) is 1. The highest BCUT2D eigenvalue weighted by Gasteiger charge is 2.39. The van der Waals surface area contributed by atoms with Crippen molar-refractivity contribution in [3.8, 4) is 0 Å². The number of unbranched alkanes of at least 4 members (excludes halogenated alkanes) is 13. The van der Waals surface area contributed by atoms with Crippen molar-refractivity contribution >= 4 is 17.9 Å². The molecule has 0 radical (unpaired) electrons. The molecule has 7 heteroatoms. The minimum absolute atomic E-state index is 0.214. The Kier molecular flexibility index (Phi) is 23.5. The fraction of sp³-hybridized carbons (Fsp3) is 0.853. The van der Waals surface area contributed by atoms with Gasteiger partial charge in [0.2, 0.25) is 0 Å². The summed E-state index contributed by atoms with van der Waals surface area (Å²) in [6.07, 6.45) is 24.0. The second-order valence-corrected chi connectivity index (χ2v) is 12.2. The maximum Gasteiger partial charge on any atom is 0.312 e. The lowest BCUT2D eigenvalue weighted by molar-refractivity contribution is -0.935. The Morgan fingerprint density at radius 3 is 1.32 bits per heavy atom. The van der Waals surface area contributed by atoms with Crippen molar-refractivity contribution in [2.45, 2.75) is 143 Å². The Hall–Kier alpha value is -1.89. The van der Waals surface area contributed by atoms with Crippen LogP contribution in [0.1, 0.15) is 143 Å². The first-order valence-electron chi connectivity index (χ1n) is 16.8. The predicted molar refractivity (Wildman–Crippen MR) is 165 cm³/mol. The van der Waals surface area contributed by atoms with E-state index >= 15 is 0 Å². The Morgan fingerprint density at radius 2 is 0.951 bits per heavy atom. The van der Waals surface area contributed by atoms with Crippen LogP contribution < -0.4 is 5.11 Å². The maximum atomic E-state index is 12.0. The molecule has 0 saturated heterocycles. The molecule has 0 aliphatic carbocycles. The number of quaternary nitrogens is 1. The largest absolute Gasteiger partial charge is 0.550 e. The SMILES string of the molecule is CCCCCCCCC/C=C/CCCCCCCC[N+](CC(CC)C(=O)[O-])(CC(CC)C(=O)O)CC(CC)C(=O)O. The number of carbonyl (C=O) groups is 3. The van der Waals surface area contributed by atoms with E-state index in [1.807, 2.05) is 13.8 Å². The van der Waals surface area contributed by atoms with Crippen molar-refractivity contribution in [1.82, 2.24) is 0 Å². The molecule has 0 aromatic rings. The summed E-state index contributed by atoms with van der Waals surface area (Å²) in [5, 5.41) is 31.5. The van der Waals surface area contributed by atoms with Crippen LogP contribution in [-0.4, -0.2) is 58.8 Å². The van der Waals surface area contributed by atoms with Gasteiger partial charge in [-0.05, 0) is 57.8 Å². The molecule has 0 aromatic heterocycles. The summed E-state index contributed by atoms with van der Waals surface area (Å²) in [5.41, 5.74) is 0. The fourth-order valence-electron chi connectivity index (χ4n) is 5.91. The molecule has 0 aromatic carbocycles. The van der Waals surface area contributed by atoms with Crippen LogP contribution in [0, 0.1) is 17.8 Å². The van der Waals surface area contributed by atoms with Crippen molar-refractivity contribution in [3.05, 3.63) is 12.2 Å². The normalized spacial score (nSPS) is 15.4. The molecule has 0 bridgehead atoms. The van der Waals surface area contributed by atoms with Gasteiger partial charge >= 0.3 is 11.9 Å². The van der Waals surface area contributed by atoms with Crippen LogP contribution in [0.15, 0.2) is 12.2 Å². The number of carboxylic acid groups (broad SMARTS) is 3. The zero-order valence-corrected chi connectivity index (χ0v) is 26.9. The highest BCUT2D eigenvalue weighted by molar-refractivity contribution is 5.70. The molecule has 0 rings (SSSR count). The van der Waals surface area contributed by atoms with E-state index in [-0.39, 0.29) is 24.1 Å². The number of rotatable bonds is 29. The standard InChI is InChI=1S/C34H63NO6/c1-5-9-10-11-12-13-14-15-16-17-18-19-20-21-22-23-24-25-35(26-29(6-2)32(36)37,27-30(7-3)33(38)39)28-31(8-4)34(40)41/h16-17,29-31H,5-15,18-28H2,1-4H3,(H2-,36,37,38,39,40,41)/b17-16+. The third kappa shape index (κ3) is 19.0. The minimum Gasteiger partial charge on any atom is -0.550 e. The van der Waals surface area contributed by atoms with Crippen molar-refractivity contribution in [3.63, 3.8) is 0 Å². The van der Waals surface area contributed by atoms with Gasteiger partial charge < -0.3 is 24.6 Å². The first-order chi connectivity index (χ1) is 19.7. The predicted octanol–water partition coefficient (Wildman–Crippen LogP) is 7.23. The first kappa shape index (κ1) is 39.1. The summed E-state index contributed by atoms with van der Waals surface area (Å²) in [5.74, 6) is -4.96. The average molecular weight is 582 g/mol. The molecule has 2 N–H and O–H groups in total. The van der Waals surface area contributed by atoms with Gasteiger partial charge in [-0.2, -0.15) is 0 Å². The van der Waals surface area contributed by atoms with Crippen molar-refractivity contribution in [2.75, 3.05) is 26.2 Å². The monoisotopic (exact) mass is 581 g/mol. The molecule has 7 nitrogen and oxygen atoms in total. The van der Waals surface area contributed by atoms with Crippen LogP contribution in [0.25, 0.3) is 0 Å². The second kappa shape index (κ2) is 24.7. The summed E-state index contributed by atoms with van der Waals surface area (Å²) in [4.78, 5) is 35.8. The van der Waals surface area contributed by atoms with Gasteiger partial charge in [0, 0.05) is 5.92 Å². The Balaban J connectivity index is 4.82. The van der Waals surface area contributed by atoms with Crippen LogP contribution in [0.3, 0.4) is 0 Å². The molecular formula is C34H63NO6. The lowest BCUT2D eigenvalue weighted by Gasteiger charge is -2.44. The van der Waals surface area contributed by atoms with Gasteiger partial charge in [-0.1, -0.05) is 97.6 Å². The van der Waals surface area contributed by atoms with Crippen LogP contribution in [0.4, 0.5) is 0 Å². The van der Waals surface area contributed by atoms with Crippen LogP contribution >= 0.6 is 0 Å². The molecule has 0 heterocycles. The number of allylic oxidation sites excluding steroid dienone is 2. The van der Waals surface area contributed by atoms with E-state index in [4.69, 9.17) is 0 Å². The van der Waals surface area contributed by atoms with Gasteiger partial charge in [-0.3, -0.25) is 9.59 Å². The van der Waals surface area contributed by atoms with E-state index in [1.165, 1.54) is 64.2 Å². The van der Waals surface area contributed by atoms with E-state index in [0.29, 0.717) is 25.8 Å². The topological polar surface area (TPSA) is 115 Å². The van der Waals surface area contributed by atoms with Crippen LogP contribution in [0.2, 0.25) is 0 Å². The molecule has 41 heavy (non-hydrogen) atoms. The second-order valence-electron chi connectivity index (χ2n) is 12.2. The van der Waals surface area contributed by atoms with Gasteiger partial charge in [0.05, 0.1) is 32.1 Å². The maximum absolute atomic E-state index is 12.0. The van der Waals surface area contributed by atoms with Gasteiger partial charge in [0.1, 0.15) is 11.8 Å². The number of carboxylic acids is 3. The smallest absolute Gasteiger partial charge is 0.312 e. The summed E-state index contributed by atoms with van der Waals surface area (Å²) in [7, 11) is 0. The van der Waals surface area contributed by atoms with E-state index < -0.39 is 35.7 Å². The first-order valence-corrected chi connectivity index (χ1v) is 16.8. The fourth-order valence-corrected chi connectivity index (χ4v) is 5.91. The molecule has 0 spiro atoms. The number of hydrogen-bond acceptors (Lipinski definition) is 4. The molecule has 0 amide bonds. The Morgan fingerprint density at radius 1 is 0.585 bits per heavy atom. The average Bonchev–Trinajstić information content (AvgIpc) is 2.94. The third-order valence-electron chi connectivity index (χ3n) is 8.73. The van der Waals surface area contributed by atoms with E-state index in [1.54, 1.807) is 6.92 Å². The van der Waals surface area contributed by atoms with Gasteiger partial charge in [-0.25, -0.2) is 0 Å². The van der Waals surface area contributed by atoms with Crippen LogP contribution in [0.5, 0.6) is 0 Å². The summed E-state index contributed by atoms with van der Waals surface area (Å²) >= 11 is 0. The van der Waals surface area contributed by atoms with E-state index in [9.17, 15) is 29.7 Å². The lowest BCUT2D eigenvalue weighted by Crippen LogP contribution is -2.59.